The zero-order valence-corrected chi connectivity index (χ0v) is 13.2. The third kappa shape index (κ3) is 2.61. The molecule has 0 aliphatic carbocycles. The molecule has 4 rings (SSSR count). The van der Waals surface area contributed by atoms with Gasteiger partial charge < -0.3 is 4.90 Å². The maximum absolute atomic E-state index is 12.5. The molecular formula is C17H22N4O2. The second kappa shape index (κ2) is 5.92. The fraction of sp³-hybridized carbons (Fsp3) is 0.588. The van der Waals surface area contributed by atoms with Gasteiger partial charge in [-0.25, -0.2) is 4.79 Å². The molecule has 1 aromatic heterocycles. The Morgan fingerprint density at radius 2 is 1.91 bits per heavy atom. The number of fused-ring (bicyclic) bond motifs is 1. The average Bonchev–Trinajstić information content (AvgIpc) is 3.14. The van der Waals surface area contributed by atoms with E-state index in [0.29, 0.717) is 0 Å². The summed E-state index contributed by atoms with van der Waals surface area (Å²) in [5.41, 5.74) is 1.07. The molecule has 0 radical (unpaired) electrons. The number of hydrogen-bond donors (Lipinski definition) is 0. The van der Waals surface area contributed by atoms with Gasteiger partial charge in [0.2, 0.25) is 0 Å². The summed E-state index contributed by atoms with van der Waals surface area (Å²) in [7, 11) is 0. The van der Waals surface area contributed by atoms with Crippen LogP contribution in [0.1, 0.15) is 31.4 Å². The lowest BCUT2D eigenvalue weighted by Crippen LogP contribution is -2.48. The first-order chi connectivity index (χ1) is 11.2. The number of hydrogen-bond acceptors (Lipinski definition) is 4. The Hall–Kier alpha value is -1.95. The quantitative estimate of drug-likeness (QED) is 0.793. The van der Waals surface area contributed by atoms with Crippen LogP contribution in [-0.2, 0) is 11.3 Å². The largest absolute Gasteiger partial charge is 0.327 e. The lowest BCUT2D eigenvalue weighted by molar-refractivity contribution is -0.130. The van der Waals surface area contributed by atoms with Crippen molar-refractivity contribution in [2.45, 2.75) is 44.3 Å². The molecule has 0 spiro atoms. The van der Waals surface area contributed by atoms with Crippen molar-refractivity contribution in [1.29, 1.82) is 0 Å². The van der Waals surface area contributed by atoms with Crippen molar-refractivity contribution < 1.29 is 9.59 Å². The van der Waals surface area contributed by atoms with Crippen molar-refractivity contribution in [3.8, 4) is 0 Å². The molecule has 0 aromatic carbocycles. The van der Waals surface area contributed by atoms with Crippen molar-refractivity contribution >= 4 is 11.9 Å². The molecule has 3 fully saturated rings. The van der Waals surface area contributed by atoms with E-state index in [-0.39, 0.29) is 24.0 Å². The molecule has 3 aliphatic heterocycles. The summed E-state index contributed by atoms with van der Waals surface area (Å²) in [5, 5.41) is 0. The fourth-order valence-electron chi connectivity index (χ4n) is 4.04. The van der Waals surface area contributed by atoms with E-state index in [4.69, 9.17) is 0 Å². The molecule has 23 heavy (non-hydrogen) atoms. The molecule has 6 nitrogen and oxygen atoms in total. The Labute approximate surface area is 136 Å². The van der Waals surface area contributed by atoms with Crippen molar-refractivity contribution in [1.82, 2.24) is 19.7 Å². The Balaban J connectivity index is 1.36. The molecule has 0 saturated carbocycles. The topological polar surface area (TPSA) is 56.8 Å². The number of amides is 3. The predicted octanol–water partition coefficient (Wildman–Crippen LogP) is 1.47. The highest BCUT2D eigenvalue weighted by Crippen LogP contribution is 2.31. The highest BCUT2D eigenvalue weighted by atomic mass is 16.2. The van der Waals surface area contributed by atoms with E-state index in [1.807, 2.05) is 24.4 Å². The zero-order chi connectivity index (χ0) is 15.8. The number of likely N-dealkylation sites (tertiary alicyclic amines) is 1. The van der Waals surface area contributed by atoms with Crippen LogP contribution in [0, 0.1) is 0 Å². The van der Waals surface area contributed by atoms with Gasteiger partial charge in [-0.05, 0) is 37.8 Å². The highest BCUT2D eigenvalue weighted by molar-refractivity contribution is 6.04. The van der Waals surface area contributed by atoms with Crippen molar-refractivity contribution in [3.05, 3.63) is 30.1 Å². The fourth-order valence-corrected chi connectivity index (χ4v) is 4.04. The smallest absolute Gasteiger partial charge is 0.312 e. The van der Waals surface area contributed by atoms with E-state index in [2.05, 4.69) is 9.88 Å². The summed E-state index contributed by atoms with van der Waals surface area (Å²) in [6.45, 7) is 3.39. The van der Waals surface area contributed by atoms with Crippen LogP contribution in [0.25, 0.3) is 0 Å². The summed E-state index contributed by atoms with van der Waals surface area (Å²) in [6, 6.07) is 5.81. The number of urea groups is 1. The molecule has 3 saturated heterocycles. The number of imide groups is 1. The minimum Gasteiger partial charge on any atom is -0.312 e. The summed E-state index contributed by atoms with van der Waals surface area (Å²) < 4.78 is 0. The molecule has 0 unspecified atom stereocenters. The molecule has 4 heterocycles. The SMILES string of the molecule is O=C1[C@@H]2CCCN2C(=O)N1C1CCN(Cc2ccccn2)CC1. The Morgan fingerprint density at radius 1 is 1.09 bits per heavy atom. The van der Waals surface area contributed by atoms with E-state index in [9.17, 15) is 9.59 Å². The van der Waals surface area contributed by atoms with Gasteiger partial charge in [-0.2, -0.15) is 0 Å². The summed E-state index contributed by atoms with van der Waals surface area (Å²) >= 11 is 0. The minimum atomic E-state index is -0.172. The van der Waals surface area contributed by atoms with Crippen molar-refractivity contribution in [3.63, 3.8) is 0 Å². The predicted molar refractivity (Wildman–Crippen MR) is 84.5 cm³/mol. The average molecular weight is 314 g/mol. The number of carbonyl (C=O) groups excluding carboxylic acids is 2. The maximum Gasteiger partial charge on any atom is 0.327 e. The van der Waals surface area contributed by atoms with Crippen LogP contribution >= 0.6 is 0 Å². The van der Waals surface area contributed by atoms with Crippen LogP contribution in [0.15, 0.2) is 24.4 Å². The van der Waals surface area contributed by atoms with Gasteiger partial charge in [0.1, 0.15) is 6.04 Å². The van der Waals surface area contributed by atoms with Gasteiger partial charge in [0, 0.05) is 38.4 Å². The second-order valence-electron chi connectivity index (χ2n) is 6.67. The lowest BCUT2D eigenvalue weighted by atomic mass is 10.0. The summed E-state index contributed by atoms with van der Waals surface area (Å²) in [5.74, 6) is 0.0377. The van der Waals surface area contributed by atoms with E-state index in [1.54, 1.807) is 9.80 Å². The van der Waals surface area contributed by atoms with Gasteiger partial charge in [0.05, 0.1) is 5.69 Å². The van der Waals surface area contributed by atoms with Crippen molar-refractivity contribution in [2.75, 3.05) is 19.6 Å². The third-order valence-electron chi connectivity index (χ3n) is 5.26. The Bertz CT molecular complexity index is 576. The number of carbonyl (C=O) groups is 2. The van der Waals surface area contributed by atoms with E-state index in [0.717, 1.165) is 57.6 Å². The molecular weight excluding hydrogens is 292 g/mol. The first-order valence-corrected chi connectivity index (χ1v) is 8.50. The number of rotatable bonds is 3. The van der Waals surface area contributed by atoms with Gasteiger partial charge in [-0.1, -0.05) is 6.07 Å². The first-order valence-electron chi connectivity index (χ1n) is 8.50. The van der Waals surface area contributed by atoms with Crippen LogP contribution in [0.4, 0.5) is 4.79 Å². The van der Waals surface area contributed by atoms with Crippen LogP contribution < -0.4 is 0 Å². The summed E-state index contributed by atoms with van der Waals surface area (Å²) in [6.07, 6.45) is 5.34. The van der Waals surface area contributed by atoms with E-state index < -0.39 is 0 Å². The molecule has 6 heteroatoms. The molecule has 0 N–H and O–H groups in total. The lowest BCUT2D eigenvalue weighted by Gasteiger charge is -2.35. The normalized spacial score (nSPS) is 26.2. The van der Waals surface area contributed by atoms with Crippen molar-refractivity contribution in [2.24, 2.45) is 0 Å². The summed E-state index contributed by atoms with van der Waals surface area (Å²) in [4.78, 5) is 35.0. The van der Waals surface area contributed by atoms with Gasteiger partial charge in [0.25, 0.3) is 5.91 Å². The molecule has 1 atom stereocenters. The first kappa shape index (κ1) is 14.6. The second-order valence-corrected chi connectivity index (χ2v) is 6.67. The van der Waals surface area contributed by atoms with Gasteiger partial charge in [-0.15, -0.1) is 0 Å². The molecule has 0 bridgehead atoms. The monoisotopic (exact) mass is 314 g/mol. The van der Waals surface area contributed by atoms with E-state index >= 15 is 0 Å². The van der Waals surface area contributed by atoms with E-state index in [1.165, 1.54) is 0 Å². The standard InChI is InChI=1S/C17H22N4O2/c22-16-15-5-3-9-20(15)17(23)21(16)14-6-10-19(11-7-14)12-13-4-1-2-8-18-13/h1-2,4,8,14-15H,3,5-7,9-12H2/t15-/m0/s1. The van der Waals surface area contributed by atoms with Gasteiger partial charge >= 0.3 is 6.03 Å². The molecule has 1 aromatic rings. The molecule has 3 aliphatic rings. The minimum absolute atomic E-state index is 0.0377. The molecule has 122 valence electrons. The number of pyridine rings is 1. The van der Waals surface area contributed by atoms with Crippen LogP contribution in [-0.4, -0.2) is 63.3 Å². The zero-order valence-electron chi connectivity index (χ0n) is 13.2. The Morgan fingerprint density at radius 3 is 2.61 bits per heavy atom. The number of piperidine rings is 1. The maximum atomic E-state index is 12.5. The number of nitrogens with zero attached hydrogens (tertiary/aromatic N) is 4. The number of aromatic nitrogens is 1. The highest BCUT2D eigenvalue weighted by Gasteiger charge is 2.49. The third-order valence-corrected chi connectivity index (χ3v) is 5.26. The van der Waals surface area contributed by atoms with Crippen LogP contribution in [0.3, 0.4) is 0 Å². The van der Waals surface area contributed by atoms with Gasteiger partial charge in [-0.3, -0.25) is 19.6 Å². The van der Waals surface area contributed by atoms with Crippen LogP contribution in [0.2, 0.25) is 0 Å². The molecule has 3 amide bonds. The van der Waals surface area contributed by atoms with Crippen LogP contribution in [0.5, 0.6) is 0 Å². The Kier molecular flexibility index (Phi) is 3.77. The van der Waals surface area contributed by atoms with Gasteiger partial charge in [0.15, 0.2) is 0 Å².